The maximum atomic E-state index is 11.9. The van der Waals surface area contributed by atoms with Crippen LogP contribution in [0.1, 0.15) is 5.56 Å². The Labute approximate surface area is 106 Å². The quantitative estimate of drug-likeness (QED) is 0.908. The van der Waals surface area contributed by atoms with Crippen LogP contribution >= 0.6 is 23.2 Å². The Kier molecular flexibility index (Phi) is 4.65. The summed E-state index contributed by atoms with van der Waals surface area (Å²) in [5.41, 5.74) is 0.624. The van der Waals surface area contributed by atoms with E-state index in [2.05, 4.69) is 0 Å². The highest BCUT2D eigenvalue weighted by Crippen LogP contribution is 2.21. The number of hydrogen-bond acceptors (Lipinski definition) is 1. The standard InChI is InChI=1S/C10H8Cl2F3NO/c11-7-2-1-6(8(12)5-7)3-4-16-9(17)10(13,14)15/h1-2,5H,3-4H2,(H,16,17). The van der Waals surface area contributed by atoms with Gasteiger partial charge in [0.05, 0.1) is 0 Å². The maximum Gasteiger partial charge on any atom is 0.471 e. The molecule has 0 radical (unpaired) electrons. The summed E-state index contributed by atoms with van der Waals surface area (Å²) in [6.45, 7) is -0.139. The van der Waals surface area contributed by atoms with E-state index in [4.69, 9.17) is 23.2 Å². The lowest BCUT2D eigenvalue weighted by atomic mass is 10.1. The van der Waals surface area contributed by atoms with Crippen molar-refractivity contribution in [2.45, 2.75) is 12.6 Å². The first-order chi connectivity index (χ1) is 7.80. The number of benzene rings is 1. The van der Waals surface area contributed by atoms with Gasteiger partial charge in [-0.05, 0) is 24.1 Å². The summed E-state index contributed by atoms with van der Waals surface area (Å²) in [5, 5.41) is 2.56. The first-order valence-electron chi connectivity index (χ1n) is 4.59. The van der Waals surface area contributed by atoms with Crippen molar-refractivity contribution in [3.63, 3.8) is 0 Å². The van der Waals surface area contributed by atoms with Crippen LogP contribution in [0, 0.1) is 0 Å². The van der Waals surface area contributed by atoms with Crippen LogP contribution in [0.3, 0.4) is 0 Å². The molecule has 7 heteroatoms. The fourth-order valence-electron chi connectivity index (χ4n) is 1.14. The molecule has 17 heavy (non-hydrogen) atoms. The molecule has 94 valence electrons. The normalized spacial score (nSPS) is 11.4. The van der Waals surface area contributed by atoms with Crippen molar-refractivity contribution in [3.8, 4) is 0 Å². The van der Waals surface area contributed by atoms with E-state index in [1.165, 1.54) is 6.07 Å². The second kappa shape index (κ2) is 5.60. The minimum Gasteiger partial charge on any atom is -0.348 e. The van der Waals surface area contributed by atoms with Gasteiger partial charge in [0, 0.05) is 16.6 Å². The zero-order valence-corrected chi connectivity index (χ0v) is 9.96. The summed E-state index contributed by atoms with van der Waals surface area (Å²) in [7, 11) is 0. The van der Waals surface area contributed by atoms with Gasteiger partial charge in [0.25, 0.3) is 0 Å². The van der Waals surface area contributed by atoms with E-state index in [9.17, 15) is 18.0 Å². The molecule has 1 rings (SSSR count). The molecule has 0 saturated heterocycles. The third-order valence-electron chi connectivity index (χ3n) is 1.95. The molecular formula is C10H8Cl2F3NO. The molecule has 0 saturated carbocycles. The van der Waals surface area contributed by atoms with Crippen molar-refractivity contribution in [1.82, 2.24) is 5.32 Å². The van der Waals surface area contributed by atoms with Crippen LogP contribution in [0.4, 0.5) is 13.2 Å². The lowest BCUT2D eigenvalue weighted by Gasteiger charge is -2.08. The van der Waals surface area contributed by atoms with Gasteiger partial charge in [-0.2, -0.15) is 13.2 Å². The Morgan fingerprint density at radius 1 is 1.29 bits per heavy atom. The smallest absolute Gasteiger partial charge is 0.348 e. The third-order valence-corrected chi connectivity index (χ3v) is 2.54. The molecule has 1 N–H and O–H groups in total. The molecule has 0 aliphatic carbocycles. The first-order valence-corrected chi connectivity index (χ1v) is 5.35. The molecule has 1 aromatic carbocycles. The average molecular weight is 286 g/mol. The lowest BCUT2D eigenvalue weighted by Crippen LogP contribution is -2.37. The Bertz CT molecular complexity index is 421. The van der Waals surface area contributed by atoms with Crippen molar-refractivity contribution in [3.05, 3.63) is 33.8 Å². The summed E-state index contributed by atoms with van der Waals surface area (Å²) in [6, 6.07) is 4.67. The van der Waals surface area contributed by atoms with Crippen LogP contribution in [-0.4, -0.2) is 18.6 Å². The Morgan fingerprint density at radius 2 is 1.94 bits per heavy atom. The summed E-state index contributed by atoms with van der Waals surface area (Å²) in [5.74, 6) is -1.96. The molecule has 0 unspecified atom stereocenters. The highest BCUT2D eigenvalue weighted by Gasteiger charge is 2.38. The molecule has 0 atom stereocenters. The van der Waals surface area contributed by atoms with Gasteiger partial charge in [0.2, 0.25) is 0 Å². The van der Waals surface area contributed by atoms with Crippen molar-refractivity contribution in [2.24, 2.45) is 0 Å². The molecular weight excluding hydrogens is 278 g/mol. The molecule has 0 heterocycles. The van der Waals surface area contributed by atoms with Crippen molar-refractivity contribution in [1.29, 1.82) is 0 Å². The fraction of sp³-hybridized carbons (Fsp3) is 0.300. The molecule has 2 nitrogen and oxygen atoms in total. The number of carbonyl (C=O) groups excluding carboxylic acids is 1. The van der Waals surface area contributed by atoms with E-state index in [0.717, 1.165) is 0 Å². The highest BCUT2D eigenvalue weighted by atomic mass is 35.5. The van der Waals surface area contributed by atoms with E-state index in [0.29, 0.717) is 15.6 Å². The first kappa shape index (κ1) is 14.1. The van der Waals surface area contributed by atoms with Gasteiger partial charge in [0.15, 0.2) is 0 Å². The van der Waals surface area contributed by atoms with Gasteiger partial charge in [-0.25, -0.2) is 0 Å². The maximum absolute atomic E-state index is 11.9. The molecule has 0 aromatic heterocycles. The van der Waals surface area contributed by atoms with Crippen molar-refractivity contribution in [2.75, 3.05) is 6.54 Å². The van der Waals surface area contributed by atoms with E-state index < -0.39 is 12.1 Å². The molecule has 0 fully saturated rings. The average Bonchev–Trinajstić information content (AvgIpc) is 2.19. The number of amides is 1. The monoisotopic (exact) mass is 285 g/mol. The van der Waals surface area contributed by atoms with Crippen LogP contribution in [0.5, 0.6) is 0 Å². The number of hydrogen-bond donors (Lipinski definition) is 1. The SMILES string of the molecule is O=C(NCCc1ccc(Cl)cc1Cl)C(F)(F)F. The Hall–Kier alpha value is -0.940. The van der Waals surface area contributed by atoms with E-state index in [1.54, 1.807) is 17.4 Å². The molecule has 0 aliphatic heterocycles. The number of carbonyl (C=O) groups is 1. The predicted molar refractivity (Wildman–Crippen MR) is 59.2 cm³/mol. The molecule has 0 aliphatic rings. The number of alkyl halides is 3. The summed E-state index contributed by atoms with van der Waals surface area (Å²) < 4.78 is 35.6. The summed E-state index contributed by atoms with van der Waals surface area (Å²) in [6.07, 6.45) is -4.65. The minimum absolute atomic E-state index is 0.139. The predicted octanol–water partition coefficient (Wildman–Crippen LogP) is 3.21. The number of rotatable bonds is 3. The van der Waals surface area contributed by atoms with Gasteiger partial charge in [-0.1, -0.05) is 29.3 Å². The lowest BCUT2D eigenvalue weighted by molar-refractivity contribution is -0.173. The Morgan fingerprint density at radius 3 is 2.47 bits per heavy atom. The van der Waals surface area contributed by atoms with E-state index in [-0.39, 0.29) is 13.0 Å². The molecule has 1 aromatic rings. The number of halogens is 5. The molecule has 1 amide bonds. The fourth-order valence-corrected chi connectivity index (χ4v) is 1.64. The van der Waals surface area contributed by atoms with Crippen molar-refractivity contribution >= 4 is 29.1 Å². The largest absolute Gasteiger partial charge is 0.471 e. The topological polar surface area (TPSA) is 29.1 Å². The van der Waals surface area contributed by atoms with Gasteiger partial charge < -0.3 is 5.32 Å². The molecule has 0 bridgehead atoms. The van der Waals surface area contributed by atoms with Crippen molar-refractivity contribution < 1.29 is 18.0 Å². The molecule has 0 spiro atoms. The summed E-state index contributed by atoms with van der Waals surface area (Å²) >= 11 is 11.5. The van der Waals surface area contributed by atoms with Crippen LogP contribution in [0.15, 0.2) is 18.2 Å². The minimum atomic E-state index is -4.86. The van der Waals surface area contributed by atoms with Gasteiger partial charge in [-0.3, -0.25) is 4.79 Å². The third kappa shape index (κ3) is 4.44. The zero-order chi connectivity index (χ0) is 13.1. The second-order valence-electron chi connectivity index (χ2n) is 3.24. The van der Waals surface area contributed by atoms with E-state index in [1.807, 2.05) is 0 Å². The van der Waals surface area contributed by atoms with E-state index >= 15 is 0 Å². The van der Waals surface area contributed by atoms with Gasteiger partial charge in [0.1, 0.15) is 0 Å². The van der Waals surface area contributed by atoms with Crippen LogP contribution in [-0.2, 0) is 11.2 Å². The zero-order valence-electron chi connectivity index (χ0n) is 8.44. The summed E-state index contributed by atoms with van der Waals surface area (Å²) in [4.78, 5) is 10.5. The van der Waals surface area contributed by atoms with Crippen LogP contribution in [0.25, 0.3) is 0 Å². The van der Waals surface area contributed by atoms with Crippen LogP contribution < -0.4 is 5.32 Å². The number of nitrogens with one attached hydrogen (secondary N) is 1. The second-order valence-corrected chi connectivity index (χ2v) is 4.08. The van der Waals surface area contributed by atoms with Crippen LogP contribution in [0.2, 0.25) is 10.0 Å². The Balaban J connectivity index is 2.49. The van der Waals surface area contributed by atoms with Gasteiger partial charge >= 0.3 is 12.1 Å². The highest BCUT2D eigenvalue weighted by molar-refractivity contribution is 6.35. The van der Waals surface area contributed by atoms with Gasteiger partial charge in [-0.15, -0.1) is 0 Å².